The third-order valence-electron chi connectivity index (χ3n) is 0. The van der Waals surface area contributed by atoms with E-state index in [1.165, 1.54) is 0 Å². The quantitative estimate of drug-likeness (QED) is 0.491. The van der Waals surface area contributed by atoms with Crippen LogP contribution in [0.15, 0.2) is 0 Å². The summed E-state index contributed by atoms with van der Waals surface area (Å²) in [5.74, 6) is 0. The molecule has 0 saturated carbocycles. The molecule has 0 aromatic heterocycles. The number of thiol groups is 1. The maximum absolute atomic E-state index is 9.09. The van der Waals surface area contributed by atoms with Crippen LogP contribution in [0.4, 0.5) is 4.79 Å². The van der Waals surface area contributed by atoms with Crippen molar-refractivity contribution in [2.24, 2.45) is 5.73 Å². The summed E-state index contributed by atoms with van der Waals surface area (Å²) in [5, 5.41) is -0.639. The SMILES string of the molecule is NC(=O)S.[Zr]. The minimum absolute atomic E-state index is 0. The summed E-state index contributed by atoms with van der Waals surface area (Å²) < 4.78 is 0. The average molecular weight is 168 g/mol. The number of hydrogen-bond acceptors (Lipinski definition) is 1. The van der Waals surface area contributed by atoms with E-state index in [-0.39, 0.29) is 26.2 Å². The first-order chi connectivity index (χ1) is 1.73. The molecule has 1 amide bonds. The molecule has 0 heterocycles. The number of rotatable bonds is 0. The fourth-order valence-electron chi connectivity index (χ4n) is 0. The van der Waals surface area contributed by atoms with Crippen LogP contribution in [0.25, 0.3) is 0 Å². The molecule has 0 atom stereocenters. The molecule has 0 aliphatic carbocycles. The molecular formula is CH3NOSZr. The fraction of sp³-hybridized carbons (Fsp3) is 0. The van der Waals surface area contributed by atoms with Gasteiger partial charge in [0, 0.05) is 26.2 Å². The van der Waals surface area contributed by atoms with E-state index in [9.17, 15) is 0 Å². The Bertz CT molecular complexity index is 34.6. The Balaban J connectivity index is 0. The van der Waals surface area contributed by atoms with Crippen molar-refractivity contribution in [3.05, 3.63) is 0 Å². The Morgan fingerprint density at radius 1 is 1.80 bits per heavy atom. The summed E-state index contributed by atoms with van der Waals surface area (Å²) in [6.45, 7) is 0. The number of hydrogen-bond donors (Lipinski definition) is 2. The Morgan fingerprint density at radius 3 is 1.80 bits per heavy atom. The molecule has 0 unspecified atom stereocenters. The maximum Gasteiger partial charge on any atom is 0.273 e. The van der Waals surface area contributed by atoms with E-state index in [0.29, 0.717) is 0 Å². The van der Waals surface area contributed by atoms with Gasteiger partial charge in [0.1, 0.15) is 0 Å². The minimum Gasteiger partial charge on any atom is -0.361 e. The van der Waals surface area contributed by atoms with Crippen LogP contribution in [0.2, 0.25) is 0 Å². The van der Waals surface area contributed by atoms with E-state index in [1.54, 1.807) is 0 Å². The smallest absolute Gasteiger partial charge is 0.273 e. The van der Waals surface area contributed by atoms with Gasteiger partial charge in [0.15, 0.2) is 0 Å². The first kappa shape index (κ1) is 9.20. The van der Waals surface area contributed by atoms with Crippen molar-refractivity contribution < 1.29 is 31.0 Å². The fourth-order valence-corrected chi connectivity index (χ4v) is 0. The number of carbonyl (C=O) groups excluding carboxylic acids is 1. The van der Waals surface area contributed by atoms with Crippen LogP contribution in [0.5, 0.6) is 0 Å². The molecule has 0 aliphatic heterocycles. The Hall–Kier alpha value is 0.703. The van der Waals surface area contributed by atoms with Crippen LogP contribution in [0.1, 0.15) is 0 Å². The Morgan fingerprint density at radius 2 is 1.80 bits per heavy atom. The second-order valence-electron chi connectivity index (χ2n) is 0.338. The van der Waals surface area contributed by atoms with E-state index >= 15 is 0 Å². The van der Waals surface area contributed by atoms with Gasteiger partial charge in [0.25, 0.3) is 5.24 Å². The van der Waals surface area contributed by atoms with Crippen LogP contribution < -0.4 is 5.73 Å². The van der Waals surface area contributed by atoms with Crippen LogP contribution >= 0.6 is 12.6 Å². The molecule has 0 bridgehead atoms. The standard InChI is InChI=1S/CH3NOS.Zr/c2-1(3)4;/h(H3,2,3,4);. The van der Waals surface area contributed by atoms with Crippen LogP contribution in [-0.4, -0.2) is 5.24 Å². The second kappa shape index (κ2) is 4.70. The summed E-state index contributed by atoms with van der Waals surface area (Å²) in [5.41, 5.74) is 4.34. The second-order valence-corrected chi connectivity index (χ2v) is 0.779. The van der Waals surface area contributed by atoms with E-state index in [1.807, 2.05) is 0 Å². The number of carbonyl (C=O) groups is 1. The van der Waals surface area contributed by atoms with Crippen molar-refractivity contribution in [1.29, 1.82) is 0 Å². The van der Waals surface area contributed by atoms with Gasteiger partial charge in [-0.15, -0.1) is 0 Å². The van der Waals surface area contributed by atoms with Gasteiger partial charge in [-0.25, -0.2) is 0 Å². The third kappa shape index (κ3) is 69.5. The van der Waals surface area contributed by atoms with Gasteiger partial charge < -0.3 is 5.73 Å². The molecule has 0 aromatic carbocycles. The Labute approximate surface area is 54.6 Å². The van der Waals surface area contributed by atoms with Crippen molar-refractivity contribution in [3.63, 3.8) is 0 Å². The molecule has 0 fully saturated rings. The maximum atomic E-state index is 9.09. The van der Waals surface area contributed by atoms with Crippen LogP contribution in [-0.2, 0) is 26.2 Å². The van der Waals surface area contributed by atoms with Gasteiger partial charge in [0.05, 0.1) is 0 Å². The number of amides is 1. The molecule has 4 heteroatoms. The summed E-state index contributed by atoms with van der Waals surface area (Å²) in [4.78, 5) is 9.09. The van der Waals surface area contributed by atoms with Crippen molar-refractivity contribution in [1.82, 2.24) is 0 Å². The minimum atomic E-state index is -0.639. The zero-order valence-corrected chi connectivity index (χ0v) is 5.79. The molecule has 0 aromatic rings. The number of primary amides is 1. The molecule has 0 saturated heterocycles. The summed E-state index contributed by atoms with van der Waals surface area (Å²) in [7, 11) is 0. The van der Waals surface area contributed by atoms with Crippen molar-refractivity contribution in [2.45, 2.75) is 0 Å². The first-order valence-corrected chi connectivity index (χ1v) is 1.16. The van der Waals surface area contributed by atoms with E-state index in [0.717, 1.165) is 0 Å². The number of nitrogens with two attached hydrogens (primary N) is 1. The summed E-state index contributed by atoms with van der Waals surface area (Å²) >= 11 is 3.10. The average Bonchev–Trinajstić information content (AvgIpc) is 0.811. The van der Waals surface area contributed by atoms with Gasteiger partial charge in [-0.1, -0.05) is 12.6 Å². The Kier molecular flexibility index (Phi) is 8.65. The molecule has 0 spiro atoms. The first-order valence-electron chi connectivity index (χ1n) is 0.716. The molecule has 28 valence electrons. The molecule has 2 nitrogen and oxygen atoms in total. The largest absolute Gasteiger partial charge is 0.361 e. The predicted octanol–water partition coefficient (Wildman–Crippen LogP) is -0.00760. The topological polar surface area (TPSA) is 43.1 Å². The molecule has 5 heavy (non-hydrogen) atoms. The summed E-state index contributed by atoms with van der Waals surface area (Å²) in [6.07, 6.45) is 0. The van der Waals surface area contributed by atoms with Gasteiger partial charge >= 0.3 is 0 Å². The predicted molar refractivity (Wildman–Crippen MR) is 18.6 cm³/mol. The monoisotopic (exact) mass is 167 g/mol. The zero-order valence-electron chi connectivity index (χ0n) is 2.43. The molecule has 0 radical (unpaired) electrons. The van der Waals surface area contributed by atoms with Crippen molar-refractivity contribution in [3.8, 4) is 0 Å². The molecule has 2 N–H and O–H groups in total. The van der Waals surface area contributed by atoms with Crippen LogP contribution in [0, 0.1) is 0 Å². The van der Waals surface area contributed by atoms with E-state index in [2.05, 4.69) is 18.4 Å². The van der Waals surface area contributed by atoms with Crippen LogP contribution in [0.3, 0.4) is 0 Å². The third-order valence-corrected chi connectivity index (χ3v) is 0. The van der Waals surface area contributed by atoms with Gasteiger partial charge in [-0.2, -0.15) is 0 Å². The molecule has 0 aliphatic rings. The van der Waals surface area contributed by atoms with Crippen molar-refractivity contribution in [2.75, 3.05) is 0 Å². The van der Waals surface area contributed by atoms with Gasteiger partial charge in [-0.05, 0) is 0 Å². The van der Waals surface area contributed by atoms with E-state index in [4.69, 9.17) is 4.79 Å². The molecular weight excluding hydrogens is 165 g/mol. The van der Waals surface area contributed by atoms with Crippen molar-refractivity contribution >= 4 is 17.9 Å². The van der Waals surface area contributed by atoms with E-state index < -0.39 is 5.24 Å². The van der Waals surface area contributed by atoms with Gasteiger partial charge in [0.2, 0.25) is 0 Å². The summed E-state index contributed by atoms with van der Waals surface area (Å²) in [6, 6.07) is 0. The normalized spacial score (nSPS) is 5.00. The molecule has 0 rings (SSSR count). The van der Waals surface area contributed by atoms with Gasteiger partial charge in [-0.3, -0.25) is 4.79 Å². The zero-order chi connectivity index (χ0) is 3.58.